The van der Waals surface area contributed by atoms with Crippen molar-refractivity contribution in [2.75, 3.05) is 13.2 Å². The van der Waals surface area contributed by atoms with E-state index in [9.17, 15) is 9.59 Å². The van der Waals surface area contributed by atoms with Crippen molar-refractivity contribution in [3.63, 3.8) is 0 Å². The molecule has 0 aliphatic carbocycles. The maximum absolute atomic E-state index is 12.6. The third-order valence-electron chi connectivity index (χ3n) is 5.95. The minimum atomic E-state index is -1.72. The number of benzene rings is 2. The van der Waals surface area contributed by atoms with Crippen LogP contribution < -0.4 is 9.65 Å². The number of hydrogen-bond donors (Lipinski definition) is 0. The van der Waals surface area contributed by atoms with Crippen molar-refractivity contribution in [2.45, 2.75) is 43.2 Å². The Morgan fingerprint density at radius 2 is 1.72 bits per heavy atom. The molecule has 3 rings (SSSR count). The summed E-state index contributed by atoms with van der Waals surface area (Å²) in [7, 11) is -1.72. The average molecular weight is 475 g/mol. The van der Waals surface area contributed by atoms with Crippen LogP contribution in [0.4, 0.5) is 4.79 Å². The molecule has 2 amide bonds. The molecular weight excluding hydrogens is 445 g/mol. The van der Waals surface area contributed by atoms with Crippen LogP contribution in [-0.2, 0) is 9.53 Å². The van der Waals surface area contributed by atoms with E-state index in [0.29, 0.717) is 29.9 Å². The molecule has 0 radical (unpaired) electrons. The van der Waals surface area contributed by atoms with Gasteiger partial charge in [-0.1, -0.05) is 0 Å². The van der Waals surface area contributed by atoms with Crippen molar-refractivity contribution in [2.24, 2.45) is 0 Å². The summed E-state index contributed by atoms with van der Waals surface area (Å²) in [4.78, 5) is 26.0. The molecule has 1 aliphatic heterocycles. The number of hydrogen-bond acceptors (Lipinski definition) is 3. The zero-order valence-electron chi connectivity index (χ0n) is 17.3. The Hall–Kier alpha value is -1.88. The van der Waals surface area contributed by atoms with E-state index in [0.717, 1.165) is 6.42 Å². The number of carbonyl (C=O) groups is 2. The van der Waals surface area contributed by atoms with Crippen LogP contribution in [0.3, 0.4) is 0 Å². The Balaban J connectivity index is 1.76. The maximum atomic E-state index is 12.6. The summed E-state index contributed by atoms with van der Waals surface area (Å²) in [5.41, 5.74) is 0.517. The summed E-state index contributed by atoms with van der Waals surface area (Å²) in [5, 5.41) is 1.45. The van der Waals surface area contributed by atoms with Gasteiger partial charge >= 0.3 is 181 Å². The van der Waals surface area contributed by atoms with E-state index in [1.165, 1.54) is 14.5 Å². The van der Waals surface area contributed by atoms with Gasteiger partial charge in [-0.3, -0.25) is 0 Å². The molecule has 1 saturated heterocycles. The van der Waals surface area contributed by atoms with Gasteiger partial charge in [0.15, 0.2) is 0 Å². The Kier molecular flexibility index (Phi) is 7.33. The van der Waals surface area contributed by atoms with Gasteiger partial charge in [-0.2, -0.15) is 0 Å². The van der Waals surface area contributed by atoms with E-state index in [-0.39, 0.29) is 20.9 Å². The van der Waals surface area contributed by atoms with Gasteiger partial charge in [-0.25, -0.2) is 0 Å². The molecule has 6 heteroatoms. The molecule has 1 fully saturated rings. The predicted molar refractivity (Wildman–Crippen MR) is 121 cm³/mol. The van der Waals surface area contributed by atoms with Crippen molar-refractivity contribution < 1.29 is 14.3 Å². The number of cyclic esters (lactones) is 1. The zero-order chi connectivity index (χ0) is 20.9. The first-order valence-electron chi connectivity index (χ1n) is 10.1. The van der Waals surface area contributed by atoms with Gasteiger partial charge in [0.05, 0.1) is 0 Å². The molecule has 1 heterocycles. The van der Waals surface area contributed by atoms with Crippen LogP contribution in [0, 0.1) is 0 Å². The molecule has 1 aliphatic rings. The third kappa shape index (κ3) is 5.38. The standard InChI is InChI=1S/C23H29NO3SeSi/c1-18(29(2,3)20-12-8-5-9-13-20)21(28-19-10-6-4-7-11-19)14-15-22(25)24-16-17-27-23(24)26/h4-13,18,21H,14-17H2,1-3H3/t18-,21-/m1/s1. The first-order chi connectivity index (χ1) is 13.9. The summed E-state index contributed by atoms with van der Waals surface area (Å²) in [6.45, 7) is 7.92. The molecule has 154 valence electrons. The summed E-state index contributed by atoms with van der Waals surface area (Å²) in [6.07, 6.45) is 0.715. The topological polar surface area (TPSA) is 46.6 Å². The van der Waals surface area contributed by atoms with E-state index in [1.54, 1.807) is 0 Å². The van der Waals surface area contributed by atoms with Gasteiger partial charge in [0.1, 0.15) is 0 Å². The van der Waals surface area contributed by atoms with Crippen LogP contribution in [0.2, 0.25) is 23.5 Å². The quantitative estimate of drug-likeness (QED) is 0.550. The van der Waals surface area contributed by atoms with Crippen molar-refractivity contribution in [1.29, 1.82) is 0 Å². The normalized spacial score (nSPS) is 16.4. The number of imide groups is 1. The Bertz CT molecular complexity index is 829. The fourth-order valence-corrected chi connectivity index (χ4v) is 11.2. The van der Waals surface area contributed by atoms with Gasteiger partial charge in [-0.15, -0.1) is 0 Å². The molecule has 0 spiro atoms. The fraction of sp³-hybridized carbons (Fsp3) is 0.391. The van der Waals surface area contributed by atoms with Crippen LogP contribution in [0.1, 0.15) is 19.8 Å². The van der Waals surface area contributed by atoms with E-state index < -0.39 is 14.2 Å². The SMILES string of the molecule is C[C@H]([C@@H](CCC(=O)N1CCOC1=O)[Se]c1ccccc1)[Si](C)(C)c1ccccc1. The van der Waals surface area contributed by atoms with Crippen LogP contribution in [-0.4, -0.2) is 53.1 Å². The molecule has 2 atom stereocenters. The first kappa shape index (κ1) is 21.8. The second-order valence-corrected chi connectivity index (χ2v) is 15.7. The predicted octanol–water partition coefficient (Wildman–Crippen LogP) is 3.57. The average Bonchev–Trinajstić information content (AvgIpc) is 3.17. The van der Waals surface area contributed by atoms with Crippen LogP contribution in [0.15, 0.2) is 60.7 Å². The molecule has 0 bridgehead atoms. The van der Waals surface area contributed by atoms with Crippen LogP contribution in [0.25, 0.3) is 0 Å². The van der Waals surface area contributed by atoms with Gasteiger partial charge in [-0.05, 0) is 0 Å². The molecule has 0 unspecified atom stereocenters. The van der Waals surface area contributed by atoms with Crippen LogP contribution >= 0.6 is 0 Å². The van der Waals surface area contributed by atoms with Gasteiger partial charge < -0.3 is 0 Å². The van der Waals surface area contributed by atoms with Gasteiger partial charge in [0.2, 0.25) is 0 Å². The molecule has 0 aromatic heterocycles. The molecule has 29 heavy (non-hydrogen) atoms. The van der Waals surface area contributed by atoms with Gasteiger partial charge in [0, 0.05) is 0 Å². The third-order valence-corrected chi connectivity index (χ3v) is 14.1. The number of nitrogens with zero attached hydrogens (tertiary/aromatic N) is 1. The first-order valence-corrected chi connectivity index (χ1v) is 15.1. The Labute approximate surface area is 180 Å². The van der Waals surface area contributed by atoms with Crippen molar-refractivity contribution in [1.82, 2.24) is 4.90 Å². The fourth-order valence-electron chi connectivity index (χ4n) is 3.70. The molecule has 0 N–H and O–H groups in total. The molecule has 4 nitrogen and oxygen atoms in total. The van der Waals surface area contributed by atoms with Crippen LogP contribution in [0.5, 0.6) is 0 Å². The van der Waals surface area contributed by atoms with E-state index >= 15 is 0 Å². The summed E-state index contributed by atoms with van der Waals surface area (Å²) >= 11 is 0.269. The second-order valence-electron chi connectivity index (χ2n) is 8.04. The summed E-state index contributed by atoms with van der Waals surface area (Å²) < 4.78 is 6.29. The summed E-state index contributed by atoms with van der Waals surface area (Å²) in [5.74, 6) is -0.104. The van der Waals surface area contributed by atoms with Crippen molar-refractivity contribution >= 4 is 44.7 Å². The van der Waals surface area contributed by atoms with E-state index in [2.05, 4.69) is 74.6 Å². The zero-order valence-corrected chi connectivity index (χ0v) is 20.0. The molecule has 2 aromatic carbocycles. The number of rotatable bonds is 8. The number of carbonyl (C=O) groups excluding carboxylic acids is 2. The van der Waals surface area contributed by atoms with Crippen molar-refractivity contribution in [3.8, 4) is 0 Å². The van der Waals surface area contributed by atoms with Gasteiger partial charge in [0.25, 0.3) is 0 Å². The number of amides is 2. The Morgan fingerprint density at radius 3 is 2.31 bits per heavy atom. The van der Waals surface area contributed by atoms with Crippen molar-refractivity contribution in [3.05, 3.63) is 60.7 Å². The molecular formula is C23H29NO3SeSi. The number of ether oxygens (including phenoxy) is 1. The molecule has 2 aromatic rings. The van der Waals surface area contributed by atoms with E-state index in [1.807, 2.05) is 6.07 Å². The molecule has 0 saturated carbocycles. The Morgan fingerprint density at radius 1 is 1.10 bits per heavy atom. The summed E-state index contributed by atoms with van der Waals surface area (Å²) in [6, 6.07) is 21.4. The minimum absolute atomic E-state index is 0.104. The second kappa shape index (κ2) is 9.75. The monoisotopic (exact) mass is 475 g/mol. The van der Waals surface area contributed by atoms with E-state index in [4.69, 9.17) is 4.74 Å².